The standard InChI is InChI=1S/C16H18BrN/c1-12-7-3-5-9-14(12)16(2,18)11-13-8-4-6-10-15(13)17/h3-10H,11,18H2,1-2H3. The van der Waals surface area contributed by atoms with Crippen LogP contribution < -0.4 is 5.73 Å². The molecule has 1 atom stereocenters. The second-order valence-electron chi connectivity index (χ2n) is 5.00. The maximum Gasteiger partial charge on any atom is 0.0424 e. The van der Waals surface area contributed by atoms with Crippen LogP contribution in [0.25, 0.3) is 0 Å². The Labute approximate surface area is 117 Å². The Morgan fingerprint density at radius 1 is 1.06 bits per heavy atom. The Kier molecular flexibility index (Phi) is 3.88. The lowest BCUT2D eigenvalue weighted by molar-refractivity contribution is 0.488. The summed E-state index contributed by atoms with van der Waals surface area (Å²) in [5.41, 5.74) is 9.86. The van der Waals surface area contributed by atoms with Crippen molar-refractivity contribution in [1.29, 1.82) is 0 Å². The molecule has 0 bridgehead atoms. The average molecular weight is 304 g/mol. The maximum atomic E-state index is 6.52. The zero-order valence-electron chi connectivity index (χ0n) is 10.8. The van der Waals surface area contributed by atoms with Crippen molar-refractivity contribution in [3.05, 3.63) is 69.7 Å². The van der Waals surface area contributed by atoms with E-state index in [4.69, 9.17) is 5.73 Å². The molecule has 2 aromatic carbocycles. The summed E-state index contributed by atoms with van der Waals surface area (Å²) >= 11 is 3.58. The van der Waals surface area contributed by atoms with Crippen LogP contribution in [-0.4, -0.2) is 0 Å². The summed E-state index contributed by atoms with van der Waals surface area (Å²) in [7, 11) is 0. The minimum atomic E-state index is -0.352. The first-order valence-corrected chi connectivity index (χ1v) is 6.88. The molecule has 1 nitrogen and oxygen atoms in total. The number of nitrogens with two attached hydrogens (primary N) is 1. The lowest BCUT2D eigenvalue weighted by Crippen LogP contribution is -2.36. The molecule has 18 heavy (non-hydrogen) atoms. The minimum Gasteiger partial charge on any atom is -0.321 e. The second kappa shape index (κ2) is 5.25. The summed E-state index contributed by atoms with van der Waals surface area (Å²) in [4.78, 5) is 0. The van der Waals surface area contributed by atoms with Gasteiger partial charge in [-0.05, 0) is 43.0 Å². The fraction of sp³-hybridized carbons (Fsp3) is 0.250. The van der Waals surface area contributed by atoms with E-state index in [1.54, 1.807) is 0 Å². The van der Waals surface area contributed by atoms with Crippen molar-refractivity contribution >= 4 is 15.9 Å². The highest BCUT2D eigenvalue weighted by molar-refractivity contribution is 9.10. The molecule has 0 aromatic heterocycles. The number of rotatable bonds is 3. The zero-order chi connectivity index (χ0) is 13.2. The third-order valence-electron chi connectivity index (χ3n) is 3.28. The van der Waals surface area contributed by atoms with Gasteiger partial charge in [0.2, 0.25) is 0 Å². The topological polar surface area (TPSA) is 26.0 Å². The number of hydrogen-bond acceptors (Lipinski definition) is 1. The summed E-state index contributed by atoms with van der Waals surface area (Å²) in [6, 6.07) is 16.6. The van der Waals surface area contributed by atoms with Crippen LogP contribution in [0.15, 0.2) is 53.0 Å². The molecule has 94 valence electrons. The van der Waals surface area contributed by atoms with Crippen LogP contribution in [0, 0.1) is 6.92 Å². The molecule has 0 spiro atoms. The van der Waals surface area contributed by atoms with E-state index in [2.05, 4.69) is 54.0 Å². The molecule has 0 saturated carbocycles. The van der Waals surface area contributed by atoms with E-state index in [1.807, 2.05) is 24.3 Å². The molecule has 2 N–H and O–H groups in total. The van der Waals surface area contributed by atoms with Gasteiger partial charge < -0.3 is 5.73 Å². The van der Waals surface area contributed by atoms with Gasteiger partial charge in [-0.25, -0.2) is 0 Å². The summed E-state index contributed by atoms with van der Waals surface area (Å²) in [6.07, 6.45) is 0.819. The van der Waals surface area contributed by atoms with Gasteiger partial charge in [-0.15, -0.1) is 0 Å². The van der Waals surface area contributed by atoms with Crippen LogP contribution in [0.4, 0.5) is 0 Å². The van der Waals surface area contributed by atoms with E-state index in [-0.39, 0.29) is 5.54 Å². The molecule has 0 aliphatic heterocycles. The normalized spacial score (nSPS) is 14.2. The van der Waals surface area contributed by atoms with Gasteiger partial charge in [0.1, 0.15) is 0 Å². The molecule has 0 aliphatic carbocycles. The van der Waals surface area contributed by atoms with E-state index < -0.39 is 0 Å². The predicted octanol–water partition coefficient (Wildman–Crippen LogP) is 4.17. The fourth-order valence-electron chi connectivity index (χ4n) is 2.35. The predicted molar refractivity (Wildman–Crippen MR) is 80.6 cm³/mol. The molecule has 1 unspecified atom stereocenters. The fourth-order valence-corrected chi connectivity index (χ4v) is 2.77. The average Bonchev–Trinajstić information content (AvgIpc) is 2.32. The molecular formula is C16H18BrN. The Balaban J connectivity index is 2.33. The third kappa shape index (κ3) is 2.82. The highest BCUT2D eigenvalue weighted by Crippen LogP contribution is 2.28. The minimum absolute atomic E-state index is 0.352. The van der Waals surface area contributed by atoms with Crippen LogP contribution in [0.2, 0.25) is 0 Å². The highest BCUT2D eigenvalue weighted by atomic mass is 79.9. The van der Waals surface area contributed by atoms with Gasteiger partial charge in [0, 0.05) is 10.0 Å². The Bertz CT molecular complexity index is 546. The van der Waals surface area contributed by atoms with Crippen molar-refractivity contribution in [2.75, 3.05) is 0 Å². The largest absolute Gasteiger partial charge is 0.321 e. The van der Waals surface area contributed by atoms with Crippen molar-refractivity contribution in [3.63, 3.8) is 0 Å². The van der Waals surface area contributed by atoms with E-state index in [9.17, 15) is 0 Å². The molecule has 0 amide bonds. The van der Waals surface area contributed by atoms with E-state index in [0.717, 1.165) is 10.9 Å². The first-order chi connectivity index (χ1) is 8.50. The van der Waals surface area contributed by atoms with Crippen molar-refractivity contribution in [2.24, 2.45) is 5.73 Å². The van der Waals surface area contributed by atoms with Crippen molar-refractivity contribution in [1.82, 2.24) is 0 Å². The summed E-state index contributed by atoms with van der Waals surface area (Å²) < 4.78 is 1.12. The monoisotopic (exact) mass is 303 g/mol. The number of hydrogen-bond donors (Lipinski definition) is 1. The van der Waals surface area contributed by atoms with Gasteiger partial charge in [-0.3, -0.25) is 0 Å². The molecule has 2 heteroatoms. The van der Waals surface area contributed by atoms with Crippen molar-refractivity contribution in [2.45, 2.75) is 25.8 Å². The lowest BCUT2D eigenvalue weighted by Gasteiger charge is -2.27. The molecule has 2 aromatic rings. The van der Waals surface area contributed by atoms with E-state index in [1.165, 1.54) is 16.7 Å². The molecule has 0 fully saturated rings. The smallest absolute Gasteiger partial charge is 0.0424 e. The Morgan fingerprint density at radius 3 is 2.33 bits per heavy atom. The second-order valence-corrected chi connectivity index (χ2v) is 5.85. The maximum absolute atomic E-state index is 6.52. The van der Waals surface area contributed by atoms with Gasteiger partial charge in [-0.1, -0.05) is 58.4 Å². The molecule has 0 saturated heterocycles. The molecule has 2 rings (SSSR count). The number of benzene rings is 2. The number of aryl methyl sites for hydroxylation is 1. The third-order valence-corrected chi connectivity index (χ3v) is 4.05. The van der Waals surface area contributed by atoms with E-state index >= 15 is 0 Å². The van der Waals surface area contributed by atoms with Crippen molar-refractivity contribution in [3.8, 4) is 0 Å². The zero-order valence-corrected chi connectivity index (χ0v) is 12.4. The molecule has 0 aliphatic rings. The Hall–Kier alpha value is -1.12. The molecule has 0 radical (unpaired) electrons. The van der Waals surface area contributed by atoms with Gasteiger partial charge in [0.15, 0.2) is 0 Å². The van der Waals surface area contributed by atoms with Crippen LogP contribution in [-0.2, 0) is 12.0 Å². The van der Waals surface area contributed by atoms with Crippen molar-refractivity contribution < 1.29 is 0 Å². The van der Waals surface area contributed by atoms with Gasteiger partial charge in [0.05, 0.1) is 0 Å². The SMILES string of the molecule is Cc1ccccc1C(C)(N)Cc1ccccc1Br. The van der Waals surface area contributed by atoms with Crippen LogP contribution in [0.3, 0.4) is 0 Å². The molecule has 0 heterocycles. The van der Waals surface area contributed by atoms with E-state index in [0.29, 0.717) is 0 Å². The lowest BCUT2D eigenvalue weighted by atomic mass is 9.84. The van der Waals surface area contributed by atoms with Crippen LogP contribution >= 0.6 is 15.9 Å². The van der Waals surface area contributed by atoms with Crippen LogP contribution in [0.1, 0.15) is 23.6 Å². The van der Waals surface area contributed by atoms with Gasteiger partial charge in [0.25, 0.3) is 0 Å². The Morgan fingerprint density at radius 2 is 1.67 bits per heavy atom. The first kappa shape index (κ1) is 13.3. The number of halogens is 1. The van der Waals surface area contributed by atoms with Gasteiger partial charge >= 0.3 is 0 Å². The summed E-state index contributed by atoms with van der Waals surface area (Å²) in [5.74, 6) is 0. The first-order valence-electron chi connectivity index (χ1n) is 6.09. The summed E-state index contributed by atoms with van der Waals surface area (Å²) in [5, 5.41) is 0. The quantitative estimate of drug-likeness (QED) is 0.904. The van der Waals surface area contributed by atoms with Gasteiger partial charge in [-0.2, -0.15) is 0 Å². The highest BCUT2D eigenvalue weighted by Gasteiger charge is 2.23. The summed E-state index contributed by atoms with van der Waals surface area (Å²) in [6.45, 7) is 4.20. The molecular weight excluding hydrogens is 286 g/mol. The van der Waals surface area contributed by atoms with Crippen LogP contribution in [0.5, 0.6) is 0 Å².